The lowest BCUT2D eigenvalue weighted by atomic mass is 10.2. The summed E-state index contributed by atoms with van der Waals surface area (Å²) in [6, 6.07) is 19.1. The van der Waals surface area contributed by atoms with E-state index in [-0.39, 0.29) is 6.61 Å². The molecule has 176 valence electrons. The van der Waals surface area contributed by atoms with E-state index in [0.29, 0.717) is 39.4 Å². The largest absolute Gasteiger partial charge is 0.494 e. The van der Waals surface area contributed by atoms with Gasteiger partial charge in [0.1, 0.15) is 18.1 Å². The van der Waals surface area contributed by atoms with Crippen LogP contribution in [0.15, 0.2) is 71.8 Å². The van der Waals surface area contributed by atoms with Crippen molar-refractivity contribution in [2.45, 2.75) is 20.0 Å². The van der Waals surface area contributed by atoms with Crippen LogP contribution in [-0.4, -0.2) is 24.6 Å². The average molecular weight is 500 g/mol. The molecule has 34 heavy (non-hydrogen) atoms. The lowest BCUT2D eigenvalue weighted by molar-refractivity contribution is -0.136. The second kappa shape index (κ2) is 12.6. The van der Waals surface area contributed by atoms with E-state index in [9.17, 15) is 9.59 Å². The first-order valence-corrected chi connectivity index (χ1v) is 11.2. The molecule has 0 spiro atoms. The van der Waals surface area contributed by atoms with Crippen LogP contribution in [0.25, 0.3) is 0 Å². The average Bonchev–Trinajstić information content (AvgIpc) is 2.84. The third kappa shape index (κ3) is 7.50. The number of benzene rings is 3. The highest BCUT2D eigenvalue weighted by atomic mass is 35.5. The highest BCUT2D eigenvalue weighted by molar-refractivity contribution is 6.39. The minimum Gasteiger partial charge on any atom is -0.494 e. The van der Waals surface area contributed by atoms with Crippen molar-refractivity contribution < 1.29 is 19.1 Å². The minimum atomic E-state index is -0.909. The maximum absolute atomic E-state index is 12.0. The molecule has 2 N–H and O–H groups in total. The van der Waals surface area contributed by atoms with Crippen molar-refractivity contribution in [3.63, 3.8) is 0 Å². The molecule has 0 heterocycles. The molecule has 3 aromatic carbocycles. The molecule has 0 saturated heterocycles. The summed E-state index contributed by atoms with van der Waals surface area (Å²) in [4.78, 5) is 24.0. The van der Waals surface area contributed by atoms with E-state index in [4.69, 9.17) is 32.7 Å². The van der Waals surface area contributed by atoms with Crippen molar-refractivity contribution in [1.29, 1.82) is 0 Å². The third-order valence-corrected chi connectivity index (χ3v) is 5.13. The molecule has 3 rings (SSSR count). The van der Waals surface area contributed by atoms with Gasteiger partial charge < -0.3 is 14.8 Å². The van der Waals surface area contributed by atoms with Crippen molar-refractivity contribution in [3.05, 3.63) is 87.9 Å². The number of carbonyl (C=O) groups excluding carboxylic acids is 2. The van der Waals surface area contributed by atoms with Gasteiger partial charge >= 0.3 is 11.8 Å². The summed E-state index contributed by atoms with van der Waals surface area (Å²) in [5.41, 5.74) is 4.10. The van der Waals surface area contributed by atoms with E-state index < -0.39 is 11.8 Å². The number of amides is 2. The Kier molecular flexibility index (Phi) is 9.31. The SMILES string of the molecule is CCCOc1ccc(NC(=O)C(=O)N/N=C\c2ccc(OCc3ccccc3Cl)c(Cl)c2)cc1. The predicted molar refractivity (Wildman–Crippen MR) is 134 cm³/mol. The number of carbonyl (C=O) groups is 2. The van der Waals surface area contributed by atoms with Gasteiger partial charge in [-0.2, -0.15) is 5.10 Å². The Morgan fingerprint density at radius 2 is 1.71 bits per heavy atom. The Morgan fingerprint density at radius 3 is 2.41 bits per heavy atom. The first-order chi connectivity index (χ1) is 16.5. The molecule has 0 saturated carbocycles. The fourth-order valence-electron chi connectivity index (χ4n) is 2.74. The van der Waals surface area contributed by atoms with E-state index >= 15 is 0 Å². The Balaban J connectivity index is 1.49. The fraction of sp³-hybridized carbons (Fsp3) is 0.160. The normalized spacial score (nSPS) is 10.7. The number of hydrazone groups is 1. The van der Waals surface area contributed by atoms with Crippen LogP contribution < -0.4 is 20.2 Å². The van der Waals surface area contributed by atoms with Crippen LogP contribution >= 0.6 is 23.2 Å². The Hall–Kier alpha value is -3.55. The van der Waals surface area contributed by atoms with Gasteiger partial charge in [0.15, 0.2) is 0 Å². The predicted octanol–water partition coefficient (Wildman–Crippen LogP) is 5.45. The Morgan fingerprint density at radius 1 is 0.941 bits per heavy atom. The summed E-state index contributed by atoms with van der Waals surface area (Å²) >= 11 is 12.4. The maximum atomic E-state index is 12.0. The van der Waals surface area contributed by atoms with Crippen molar-refractivity contribution in [1.82, 2.24) is 5.43 Å². The summed E-state index contributed by atoms with van der Waals surface area (Å²) in [7, 11) is 0. The molecule has 0 aliphatic heterocycles. The topological polar surface area (TPSA) is 89.0 Å². The summed E-state index contributed by atoms with van der Waals surface area (Å²) in [5.74, 6) is -0.588. The fourth-order valence-corrected chi connectivity index (χ4v) is 3.18. The van der Waals surface area contributed by atoms with Crippen LogP contribution in [0, 0.1) is 0 Å². The quantitative estimate of drug-likeness (QED) is 0.232. The molecular formula is C25H23Cl2N3O4. The van der Waals surface area contributed by atoms with Crippen LogP contribution in [0.4, 0.5) is 5.69 Å². The van der Waals surface area contributed by atoms with Crippen molar-refractivity contribution in [2.24, 2.45) is 5.10 Å². The Bertz CT molecular complexity index is 1170. The highest BCUT2D eigenvalue weighted by Gasteiger charge is 2.13. The van der Waals surface area contributed by atoms with Gasteiger partial charge in [0.2, 0.25) is 0 Å². The standard InChI is InChI=1S/C25H23Cl2N3O4/c1-2-13-33-20-10-8-19(9-11-20)29-24(31)25(32)30-28-15-17-7-12-23(22(27)14-17)34-16-18-5-3-4-6-21(18)26/h3-12,14-15H,2,13,16H2,1H3,(H,29,31)(H,30,32)/b28-15-. The molecule has 9 heteroatoms. The first-order valence-electron chi connectivity index (χ1n) is 10.5. The molecular weight excluding hydrogens is 477 g/mol. The summed E-state index contributed by atoms with van der Waals surface area (Å²) in [6.45, 7) is 2.89. The zero-order valence-corrected chi connectivity index (χ0v) is 19.9. The van der Waals surface area contributed by atoms with Crippen LogP contribution in [0.3, 0.4) is 0 Å². The second-order valence-electron chi connectivity index (χ2n) is 7.10. The van der Waals surface area contributed by atoms with Gasteiger partial charge in [0, 0.05) is 16.3 Å². The van der Waals surface area contributed by atoms with E-state index in [0.717, 1.165) is 12.0 Å². The molecule has 0 bridgehead atoms. The zero-order chi connectivity index (χ0) is 24.3. The van der Waals surface area contributed by atoms with E-state index in [1.807, 2.05) is 25.1 Å². The molecule has 0 aliphatic rings. The number of anilines is 1. The summed E-state index contributed by atoms with van der Waals surface area (Å²) in [5, 5.41) is 7.28. The van der Waals surface area contributed by atoms with Gasteiger partial charge in [-0.1, -0.05) is 48.3 Å². The zero-order valence-electron chi connectivity index (χ0n) is 18.4. The number of hydrogen-bond donors (Lipinski definition) is 2. The summed E-state index contributed by atoms with van der Waals surface area (Å²) < 4.78 is 11.2. The molecule has 0 aromatic heterocycles. The molecule has 0 radical (unpaired) electrons. The van der Waals surface area contributed by atoms with Gasteiger partial charge in [-0.05, 0) is 60.5 Å². The van der Waals surface area contributed by atoms with Crippen molar-refractivity contribution >= 4 is 46.9 Å². The molecule has 0 unspecified atom stereocenters. The molecule has 2 amide bonds. The molecule has 3 aromatic rings. The molecule has 0 fully saturated rings. The van der Waals surface area contributed by atoms with Gasteiger partial charge in [-0.25, -0.2) is 5.43 Å². The monoisotopic (exact) mass is 499 g/mol. The van der Waals surface area contributed by atoms with Gasteiger partial charge in [0.05, 0.1) is 17.8 Å². The molecule has 0 atom stereocenters. The number of hydrogen-bond acceptors (Lipinski definition) is 5. The van der Waals surface area contributed by atoms with Gasteiger partial charge in [-0.15, -0.1) is 0 Å². The van der Waals surface area contributed by atoms with Crippen molar-refractivity contribution in [2.75, 3.05) is 11.9 Å². The van der Waals surface area contributed by atoms with E-state index in [2.05, 4.69) is 15.8 Å². The third-order valence-electron chi connectivity index (χ3n) is 4.47. The maximum Gasteiger partial charge on any atom is 0.329 e. The first kappa shape index (κ1) is 25.1. The van der Waals surface area contributed by atoms with Crippen LogP contribution in [-0.2, 0) is 16.2 Å². The van der Waals surface area contributed by atoms with Gasteiger partial charge in [-0.3, -0.25) is 9.59 Å². The van der Waals surface area contributed by atoms with Gasteiger partial charge in [0.25, 0.3) is 0 Å². The van der Waals surface area contributed by atoms with E-state index in [1.54, 1.807) is 48.5 Å². The highest BCUT2D eigenvalue weighted by Crippen LogP contribution is 2.27. The van der Waals surface area contributed by atoms with Crippen LogP contribution in [0.1, 0.15) is 24.5 Å². The van der Waals surface area contributed by atoms with Crippen LogP contribution in [0.5, 0.6) is 11.5 Å². The lowest BCUT2D eigenvalue weighted by Crippen LogP contribution is -2.32. The lowest BCUT2D eigenvalue weighted by Gasteiger charge is -2.09. The number of halogens is 2. The number of nitrogens with zero attached hydrogens (tertiary/aromatic N) is 1. The molecule has 7 nitrogen and oxygen atoms in total. The Labute approximate surface area is 207 Å². The number of ether oxygens (including phenoxy) is 2. The second-order valence-corrected chi connectivity index (χ2v) is 7.91. The number of nitrogens with one attached hydrogen (secondary N) is 2. The molecule has 0 aliphatic carbocycles. The van der Waals surface area contributed by atoms with Crippen molar-refractivity contribution in [3.8, 4) is 11.5 Å². The van der Waals surface area contributed by atoms with E-state index in [1.165, 1.54) is 6.21 Å². The summed E-state index contributed by atoms with van der Waals surface area (Å²) in [6.07, 6.45) is 2.27. The van der Waals surface area contributed by atoms with Crippen LogP contribution in [0.2, 0.25) is 10.0 Å². The number of rotatable bonds is 9. The minimum absolute atomic E-state index is 0.270. The smallest absolute Gasteiger partial charge is 0.329 e.